The van der Waals surface area contributed by atoms with Crippen LogP contribution in [0.15, 0.2) is 54.7 Å². The van der Waals surface area contributed by atoms with E-state index in [1.54, 1.807) is 0 Å². The second-order valence-electron chi connectivity index (χ2n) is 4.59. The Morgan fingerprint density at radius 3 is 2.68 bits per heavy atom. The molecule has 3 heteroatoms. The number of rotatable bonds is 4. The van der Waals surface area contributed by atoms with Crippen LogP contribution in [0, 0.1) is 0 Å². The minimum Gasteiger partial charge on any atom is -0.361 e. The van der Waals surface area contributed by atoms with Crippen molar-refractivity contribution in [1.29, 1.82) is 0 Å². The fourth-order valence-electron chi connectivity index (χ4n) is 2.24. The van der Waals surface area contributed by atoms with E-state index >= 15 is 0 Å². The molecule has 19 heavy (non-hydrogen) atoms. The number of nitrogens with one attached hydrogen (secondary N) is 2. The number of H-pyrrole nitrogens is 1. The molecule has 2 nitrogen and oxygen atoms in total. The van der Waals surface area contributed by atoms with Crippen LogP contribution < -0.4 is 5.32 Å². The molecule has 96 valence electrons. The van der Waals surface area contributed by atoms with Crippen LogP contribution in [-0.4, -0.2) is 4.98 Å². The first kappa shape index (κ1) is 12.3. The van der Waals surface area contributed by atoms with Crippen LogP contribution >= 0.6 is 11.6 Å². The molecule has 0 aliphatic rings. The summed E-state index contributed by atoms with van der Waals surface area (Å²) in [6.07, 6.45) is 2.04. The molecule has 3 rings (SSSR count). The Morgan fingerprint density at radius 1 is 1.00 bits per heavy atom. The van der Waals surface area contributed by atoms with Crippen LogP contribution in [0.2, 0.25) is 5.02 Å². The summed E-state index contributed by atoms with van der Waals surface area (Å²) in [5, 5.41) is 5.45. The third-order valence-corrected chi connectivity index (χ3v) is 3.45. The van der Waals surface area contributed by atoms with Gasteiger partial charge in [-0.25, -0.2) is 0 Å². The minimum absolute atomic E-state index is 0.762. The topological polar surface area (TPSA) is 27.8 Å². The Hall–Kier alpha value is -1.77. The van der Waals surface area contributed by atoms with E-state index < -0.39 is 0 Å². The second-order valence-corrected chi connectivity index (χ2v) is 5.03. The number of hydrogen-bond acceptors (Lipinski definition) is 1. The molecule has 0 atom stereocenters. The van der Waals surface area contributed by atoms with Crippen LogP contribution in [0.25, 0.3) is 10.9 Å². The summed E-state index contributed by atoms with van der Waals surface area (Å²) in [6.45, 7) is 1.72. The second kappa shape index (κ2) is 5.47. The van der Waals surface area contributed by atoms with Gasteiger partial charge in [-0.2, -0.15) is 0 Å². The zero-order valence-electron chi connectivity index (χ0n) is 10.5. The zero-order valence-corrected chi connectivity index (χ0v) is 11.2. The average molecular weight is 271 g/mol. The molecule has 2 N–H and O–H groups in total. The van der Waals surface area contributed by atoms with Crippen molar-refractivity contribution in [3.8, 4) is 0 Å². The van der Waals surface area contributed by atoms with E-state index in [9.17, 15) is 0 Å². The molecule has 0 saturated carbocycles. The number of aromatic amines is 1. The summed E-state index contributed by atoms with van der Waals surface area (Å²) in [5.41, 5.74) is 3.65. The zero-order chi connectivity index (χ0) is 13.1. The smallest absolute Gasteiger partial charge is 0.0472 e. The van der Waals surface area contributed by atoms with Gasteiger partial charge in [0, 0.05) is 35.2 Å². The van der Waals surface area contributed by atoms with Crippen molar-refractivity contribution in [1.82, 2.24) is 10.3 Å². The Kier molecular flexibility index (Phi) is 3.53. The van der Waals surface area contributed by atoms with E-state index in [2.05, 4.69) is 40.6 Å². The molecule has 1 heterocycles. The van der Waals surface area contributed by atoms with Gasteiger partial charge >= 0.3 is 0 Å². The molecular formula is C16H15ClN2. The highest BCUT2D eigenvalue weighted by atomic mass is 35.5. The Labute approximate surface area is 117 Å². The van der Waals surface area contributed by atoms with E-state index in [-0.39, 0.29) is 0 Å². The van der Waals surface area contributed by atoms with Crippen molar-refractivity contribution >= 4 is 22.5 Å². The van der Waals surface area contributed by atoms with Gasteiger partial charge in [0.1, 0.15) is 0 Å². The normalized spacial score (nSPS) is 11.0. The van der Waals surface area contributed by atoms with Crippen LogP contribution in [0.1, 0.15) is 11.1 Å². The minimum atomic E-state index is 0.762. The number of benzene rings is 2. The Balaban J connectivity index is 1.69. The van der Waals surface area contributed by atoms with E-state index in [1.165, 1.54) is 16.5 Å². The standard InChI is InChI=1S/C16H15ClN2/c17-14-6-7-15-13(11-19-16(15)8-14)10-18-9-12-4-2-1-3-5-12/h1-8,11,18-19H,9-10H2. The molecule has 0 radical (unpaired) electrons. The van der Waals surface area contributed by atoms with Gasteiger partial charge in [0.05, 0.1) is 0 Å². The lowest BCUT2D eigenvalue weighted by molar-refractivity contribution is 0.696. The molecule has 0 fully saturated rings. The highest BCUT2D eigenvalue weighted by Gasteiger charge is 2.03. The highest BCUT2D eigenvalue weighted by Crippen LogP contribution is 2.21. The van der Waals surface area contributed by atoms with Crippen LogP contribution in [0.5, 0.6) is 0 Å². The summed E-state index contributed by atoms with van der Waals surface area (Å²) in [6, 6.07) is 16.4. The monoisotopic (exact) mass is 270 g/mol. The molecule has 3 aromatic rings. The molecular weight excluding hydrogens is 256 g/mol. The summed E-state index contributed by atoms with van der Waals surface area (Å²) >= 11 is 5.98. The Bertz CT molecular complexity index is 674. The third-order valence-electron chi connectivity index (χ3n) is 3.22. The van der Waals surface area contributed by atoms with E-state index in [4.69, 9.17) is 11.6 Å². The van der Waals surface area contributed by atoms with Gasteiger partial charge in [0.2, 0.25) is 0 Å². The predicted molar refractivity (Wildman–Crippen MR) is 80.3 cm³/mol. The number of aromatic nitrogens is 1. The van der Waals surface area contributed by atoms with Crippen molar-refractivity contribution in [2.45, 2.75) is 13.1 Å². The molecule has 2 aromatic carbocycles. The van der Waals surface area contributed by atoms with Crippen molar-refractivity contribution in [2.75, 3.05) is 0 Å². The quantitative estimate of drug-likeness (QED) is 0.734. The molecule has 0 spiro atoms. The summed E-state index contributed by atoms with van der Waals surface area (Å²) in [5.74, 6) is 0. The van der Waals surface area contributed by atoms with Gasteiger partial charge in [0.15, 0.2) is 0 Å². The maximum absolute atomic E-state index is 5.98. The van der Waals surface area contributed by atoms with E-state index in [0.717, 1.165) is 23.6 Å². The van der Waals surface area contributed by atoms with Crippen LogP contribution in [0.3, 0.4) is 0 Å². The van der Waals surface area contributed by atoms with E-state index in [0.29, 0.717) is 0 Å². The lowest BCUT2D eigenvalue weighted by Crippen LogP contribution is -2.12. The average Bonchev–Trinajstić information content (AvgIpc) is 2.82. The van der Waals surface area contributed by atoms with Crippen molar-refractivity contribution in [3.63, 3.8) is 0 Å². The lowest BCUT2D eigenvalue weighted by atomic mass is 10.1. The molecule has 0 unspecified atom stereocenters. The van der Waals surface area contributed by atoms with E-state index in [1.807, 2.05) is 24.4 Å². The maximum Gasteiger partial charge on any atom is 0.0472 e. The molecule has 0 bridgehead atoms. The van der Waals surface area contributed by atoms with Crippen molar-refractivity contribution in [3.05, 3.63) is 70.9 Å². The fraction of sp³-hybridized carbons (Fsp3) is 0.125. The van der Waals surface area contributed by atoms with Gasteiger partial charge in [-0.1, -0.05) is 48.0 Å². The number of halogens is 1. The fourth-order valence-corrected chi connectivity index (χ4v) is 2.41. The van der Waals surface area contributed by atoms with Gasteiger partial charge in [-0.15, -0.1) is 0 Å². The molecule has 0 aliphatic heterocycles. The SMILES string of the molecule is Clc1ccc2c(CNCc3ccccc3)c[nH]c2c1. The lowest BCUT2D eigenvalue weighted by Gasteiger charge is -2.04. The van der Waals surface area contributed by atoms with Crippen molar-refractivity contribution in [2.24, 2.45) is 0 Å². The number of fused-ring (bicyclic) bond motifs is 1. The first-order valence-corrected chi connectivity index (χ1v) is 6.71. The Morgan fingerprint density at radius 2 is 1.84 bits per heavy atom. The first-order chi connectivity index (χ1) is 9.33. The van der Waals surface area contributed by atoms with Gasteiger partial charge in [0.25, 0.3) is 0 Å². The predicted octanol–water partition coefficient (Wildman–Crippen LogP) is 4.11. The maximum atomic E-state index is 5.98. The van der Waals surface area contributed by atoms with Crippen LogP contribution in [-0.2, 0) is 13.1 Å². The largest absolute Gasteiger partial charge is 0.361 e. The highest BCUT2D eigenvalue weighted by molar-refractivity contribution is 6.31. The summed E-state index contributed by atoms with van der Waals surface area (Å²) in [7, 11) is 0. The first-order valence-electron chi connectivity index (χ1n) is 6.33. The van der Waals surface area contributed by atoms with Gasteiger partial charge in [-0.3, -0.25) is 0 Å². The summed E-state index contributed by atoms with van der Waals surface area (Å²) in [4.78, 5) is 3.25. The van der Waals surface area contributed by atoms with Gasteiger partial charge < -0.3 is 10.3 Å². The third kappa shape index (κ3) is 2.80. The van der Waals surface area contributed by atoms with Crippen LogP contribution in [0.4, 0.5) is 0 Å². The van der Waals surface area contributed by atoms with Gasteiger partial charge in [-0.05, 0) is 23.3 Å². The number of hydrogen-bond donors (Lipinski definition) is 2. The summed E-state index contributed by atoms with van der Waals surface area (Å²) < 4.78 is 0. The molecule has 0 amide bonds. The van der Waals surface area contributed by atoms with Crippen molar-refractivity contribution < 1.29 is 0 Å². The molecule has 1 aromatic heterocycles. The molecule has 0 saturated heterocycles. The molecule has 0 aliphatic carbocycles.